The standard InChI is InChI=1S/C21H33N5O2/c1-6-22-20(24-15-21(4,27)18-13-25-26(5)14-18)23-11-12-28-19-9-7-17(8-10-19)16(2)3/h7-10,13-14,16,27H,6,11-12,15H2,1-5H3,(H2,22,23,24). The molecule has 0 aliphatic heterocycles. The average molecular weight is 388 g/mol. The van der Waals surface area contributed by atoms with Crippen LogP contribution in [0.4, 0.5) is 0 Å². The highest BCUT2D eigenvalue weighted by Crippen LogP contribution is 2.20. The molecular weight excluding hydrogens is 354 g/mol. The summed E-state index contributed by atoms with van der Waals surface area (Å²) < 4.78 is 7.45. The minimum atomic E-state index is -1.08. The number of hydrogen-bond acceptors (Lipinski definition) is 4. The third kappa shape index (κ3) is 6.56. The summed E-state index contributed by atoms with van der Waals surface area (Å²) in [6.07, 6.45) is 3.46. The normalized spacial score (nSPS) is 14.0. The first-order chi connectivity index (χ1) is 13.3. The minimum absolute atomic E-state index is 0.228. The van der Waals surface area contributed by atoms with Crippen LogP contribution in [0, 0.1) is 0 Å². The molecule has 3 N–H and O–H groups in total. The fourth-order valence-electron chi connectivity index (χ4n) is 2.65. The number of aromatic nitrogens is 2. The zero-order valence-corrected chi connectivity index (χ0v) is 17.6. The molecule has 1 aromatic carbocycles. The van der Waals surface area contributed by atoms with Crippen molar-refractivity contribution in [2.75, 3.05) is 26.2 Å². The number of nitrogens with one attached hydrogen (secondary N) is 2. The Morgan fingerprint density at radius 3 is 2.57 bits per heavy atom. The van der Waals surface area contributed by atoms with E-state index in [0.717, 1.165) is 17.9 Å². The number of nitrogens with zero attached hydrogens (tertiary/aromatic N) is 3. The Hall–Kier alpha value is -2.54. The van der Waals surface area contributed by atoms with E-state index in [1.807, 2.05) is 26.1 Å². The van der Waals surface area contributed by atoms with Gasteiger partial charge in [0.05, 0.1) is 19.3 Å². The fraction of sp³-hybridized carbons (Fsp3) is 0.524. The average Bonchev–Trinajstić information content (AvgIpc) is 3.11. The molecule has 0 amide bonds. The Labute approximate surface area is 167 Å². The highest BCUT2D eigenvalue weighted by Gasteiger charge is 2.24. The summed E-state index contributed by atoms with van der Waals surface area (Å²) in [4.78, 5) is 4.50. The number of aryl methyl sites for hydroxylation is 1. The van der Waals surface area contributed by atoms with Crippen LogP contribution in [-0.2, 0) is 12.6 Å². The van der Waals surface area contributed by atoms with Crippen molar-refractivity contribution in [3.8, 4) is 5.75 Å². The maximum absolute atomic E-state index is 10.7. The van der Waals surface area contributed by atoms with Crippen LogP contribution >= 0.6 is 0 Å². The van der Waals surface area contributed by atoms with E-state index in [0.29, 0.717) is 25.0 Å². The SMILES string of the molecule is CCNC(=NCC(C)(O)c1cnn(C)c1)NCCOc1ccc(C(C)C)cc1. The van der Waals surface area contributed by atoms with Gasteiger partial charge in [0, 0.05) is 25.4 Å². The highest BCUT2D eigenvalue weighted by atomic mass is 16.5. The first-order valence-electron chi connectivity index (χ1n) is 9.78. The monoisotopic (exact) mass is 387 g/mol. The predicted octanol–water partition coefficient (Wildman–Crippen LogP) is 2.39. The Bertz CT molecular complexity index is 750. The van der Waals surface area contributed by atoms with Gasteiger partial charge in [-0.1, -0.05) is 26.0 Å². The lowest BCUT2D eigenvalue weighted by Gasteiger charge is -2.20. The minimum Gasteiger partial charge on any atom is -0.492 e. The number of rotatable bonds is 9. The van der Waals surface area contributed by atoms with Gasteiger partial charge >= 0.3 is 0 Å². The van der Waals surface area contributed by atoms with Crippen LogP contribution in [0.25, 0.3) is 0 Å². The lowest BCUT2D eigenvalue weighted by Crippen LogP contribution is -2.40. The van der Waals surface area contributed by atoms with Gasteiger partial charge in [-0.3, -0.25) is 4.68 Å². The van der Waals surface area contributed by atoms with Crippen LogP contribution < -0.4 is 15.4 Å². The van der Waals surface area contributed by atoms with Crippen molar-refractivity contribution in [2.24, 2.45) is 12.0 Å². The summed E-state index contributed by atoms with van der Waals surface area (Å²) >= 11 is 0. The van der Waals surface area contributed by atoms with E-state index < -0.39 is 5.60 Å². The summed E-state index contributed by atoms with van der Waals surface area (Å²) in [6.45, 7) is 10.2. The van der Waals surface area contributed by atoms with Crippen LogP contribution in [0.3, 0.4) is 0 Å². The van der Waals surface area contributed by atoms with Crippen molar-refractivity contribution >= 4 is 5.96 Å². The summed E-state index contributed by atoms with van der Waals surface area (Å²) in [5, 5.41) is 21.2. The number of aliphatic hydroxyl groups is 1. The molecule has 1 atom stereocenters. The maximum atomic E-state index is 10.7. The van der Waals surface area contributed by atoms with Crippen LogP contribution in [0.5, 0.6) is 5.75 Å². The summed E-state index contributed by atoms with van der Waals surface area (Å²) in [5.74, 6) is 2.01. The fourth-order valence-corrected chi connectivity index (χ4v) is 2.65. The van der Waals surface area contributed by atoms with Gasteiger partial charge in [0.25, 0.3) is 0 Å². The maximum Gasteiger partial charge on any atom is 0.191 e. The summed E-state index contributed by atoms with van der Waals surface area (Å²) in [6, 6.07) is 8.19. The largest absolute Gasteiger partial charge is 0.492 e. The quantitative estimate of drug-likeness (QED) is 0.350. The van der Waals surface area contributed by atoms with E-state index in [1.54, 1.807) is 24.0 Å². The zero-order valence-electron chi connectivity index (χ0n) is 17.6. The van der Waals surface area contributed by atoms with Gasteiger partial charge in [-0.25, -0.2) is 4.99 Å². The lowest BCUT2D eigenvalue weighted by molar-refractivity contribution is 0.0672. The highest BCUT2D eigenvalue weighted by molar-refractivity contribution is 5.79. The molecule has 154 valence electrons. The van der Waals surface area contributed by atoms with Crippen LogP contribution in [0.2, 0.25) is 0 Å². The zero-order chi connectivity index (χ0) is 20.6. The first-order valence-corrected chi connectivity index (χ1v) is 9.78. The topological polar surface area (TPSA) is 83.7 Å². The number of ether oxygens (including phenoxy) is 1. The number of benzene rings is 1. The van der Waals surface area contributed by atoms with E-state index in [4.69, 9.17) is 4.74 Å². The van der Waals surface area contributed by atoms with Gasteiger partial charge in [-0.2, -0.15) is 5.10 Å². The summed E-state index contributed by atoms with van der Waals surface area (Å²) in [5.41, 5.74) is 0.959. The van der Waals surface area contributed by atoms with Crippen LogP contribution in [-0.4, -0.2) is 47.1 Å². The molecule has 2 rings (SSSR count). The second-order valence-electron chi connectivity index (χ2n) is 7.37. The van der Waals surface area contributed by atoms with Gasteiger partial charge in [-0.15, -0.1) is 0 Å². The number of guanidine groups is 1. The molecule has 0 saturated carbocycles. The molecule has 7 heteroatoms. The van der Waals surface area contributed by atoms with Crippen molar-refractivity contribution in [3.05, 3.63) is 47.8 Å². The number of aliphatic imine (C=N–C) groups is 1. The van der Waals surface area contributed by atoms with E-state index in [9.17, 15) is 5.11 Å². The van der Waals surface area contributed by atoms with Crippen molar-refractivity contribution in [3.63, 3.8) is 0 Å². The van der Waals surface area contributed by atoms with E-state index >= 15 is 0 Å². The predicted molar refractivity (Wildman–Crippen MR) is 113 cm³/mol. The molecule has 1 aromatic heterocycles. The third-order valence-corrected chi connectivity index (χ3v) is 4.43. The Balaban J connectivity index is 1.84. The van der Waals surface area contributed by atoms with E-state index in [1.165, 1.54) is 5.56 Å². The van der Waals surface area contributed by atoms with Gasteiger partial charge in [0.1, 0.15) is 18.0 Å². The molecule has 0 aliphatic rings. The lowest BCUT2D eigenvalue weighted by atomic mass is 10.0. The van der Waals surface area contributed by atoms with Crippen molar-refractivity contribution in [1.29, 1.82) is 0 Å². The molecule has 1 heterocycles. The Morgan fingerprint density at radius 1 is 1.29 bits per heavy atom. The number of hydrogen-bond donors (Lipinski definition) is 3. The first kappa shape index (κ1) is 21.8. The van der Waals surface area contributed by atoms with Gasteiger partial charge in [-0.05, 0) is 37.5 Å². The molecule has 28 heavy (non-hydrogen) atoms. The van der Waals surface area contributed by atoms with Crippen molar-refractivity contribution in [2.45, 2.75) is 39.2 Å². The van der Waals surface area contributed by atoms with Crippen LogP contribution in [0.15, 0.2) is 41.7 Å². The molecule has 0 bridgehead atoms. The molecular formula is C21H33N5O2. The summed E-state index contributed by atoms with van der Waals surface area (Å²) in [7, 11) is 1.82. The molecule has 0 fully saturated rings. The molecule has 0 aliphatic carbocycles. The second-order valence-corrected chi connectivity index (χ2v) is 7.37. The van der Waals surface area contributed by atoms with Crippen molar-refractivity contribution in [1.82, 2.24) is 20.4 Å². The molecule has 7 nitrogen and oxygen atoms in total. The Kier molecular flexibility index (Phi) is 7.87. The van der Waals surface area contributed by atoms with Gasteiger partial charge in [0.15, 0.2) is 5.96 Å². The molecule has 1 unspecified atom stereocenters. The van der Waals surface area contributed by atoms with Crippen molar-refractivity contribution < 1.29 is 9.84 Å². The smallest absolute Gasteiger partial charge is 0.191 e. The molecule has 0 saturated heterocycles. The Morgan fingerprint density at radius 2 is 2.00 bits per heavy atom. The molecule has 2 aromatic rings. The van der Waals surface area contributed by atoms with Gasteiger partial charge in [0.2, 0.25) is 0 Å². The van der Waals surface area contributed by atoms with Gasteiger partial charge < -0.3 is 20.5 Å². The molecule has 0 radical (unpaired) electrons. The molecule has 0 spiro atoms. The second kappa shape index (κ2) is 10.1. The third-order valence-electron chi connectivity index (χ3n) is 4.43. The van der Waals surface area contributed by atoms with E-state index in [2.05, 4.69) is 46.7 Å². The van der Waals surface area contributed by atoms with E-state index in [-0.39, 0.29) is 6.54 Å². The van der Waals surface area contributed by atoms with Crippen LogP contribution in [0.1, 0.15) is 44.7 Å².